The highest BCUT2D eigenvalue weighted by Gasteiger charge is 2.15. The fourth-order valence-electron chi connectivity index (χ4n) is 2.45. The monoisotopic (exact) mass is 395 g/mol. The number of amides is 2. The van der Waals surface area contributed by atoms with Gasteiger partial charge in [-0.15, -0.1) is 0 Å². The van der Waals surface area contributed by atoms with Gasteiger partial charge < -0.3 is 9.47 Å². The lowest BCUT2D eigenvalue weighted by Crippen LogP contribution is -2.34. The molecule has 0 aliphatic carbocycles. The number of hydrogen-bond donors (Lipinski definition) is 1. The summed E-state index contributed by atoms with van der Waals surface area (Å²) in [5, 5.41) is 2.20. The van der Waals surface area contributed by atoms with Crippen LogP contribution in [0.15, 0.2) is 54.6 Å². The van der Waals surface area contributed by atoms with Crippen molar-refractivity contribution in [1.82, 2.24) is 5.32 Å². The molecule has 2 rings (SSSR count). The van der Waals surface area contributed by atoms with Gasteiger partial charge in [0, 0.05) is 11.6 Å². The van der Waals surface area contributed by atoms with Gasteiger partial charge in [0.1, 0.15) is 5.75 Å². The van der Waals surface area contributed by atoms with E-state index in [9.17, 15) is 14.4 Å². The molecule has 0 aromatic heterocycles. The van der Waals surface area contributed by atoms with E-state index in [-0.39, 0.29) is 5.41 Å². The average molecular weight is 395 g/mol. The first-order chi connectivity index (χ1) is 13.7. The second-order valence-electron chi connectivity index (χ2n) is 7.42. The van der Waals surface area contributed by atoms with Gasteiger partial charge in [-0.3, -0.25) is 14.9 Å². The molecule has 2 amide bonds. The number of ether oxygens (including phenoxy) is 2. The van der Waals surface area contributed by atoms with Crippen molar-refractivity contribution in [3.63, 3.8) is 0 Å². The van der Waals surface area contributed by atoms with Crippen LogP contribution in [0.5, 0.6) is 5.75 Å². The highest BCUT2D eigenvalue weighted by atomic mass is 16.5. The maximum atomic E-state index is 12.1. The maximum absolute atomic E-state index is 12.1. The predicted octanol–water partition coefficient (Wildman–Crippen LogP) is 3.51. The average Bonchev–Trinajstić information content (AvgIpc) is 2.70. The van der Waals surface area contributed by atoms with Gasteiger partial charge in [-0.2, -0.15) is 0 Å². The lowest BCUT2D eigenvalue weighted by molar-refractivity contribution is -0.143. The van der Waals surface area contributed by atoms with Crippen molar-refractivity contribution in [3.8, 4) is 5.75 Å². The first kappa shape index (κ1) is 21.9. The number of rotatable bonds is 6. The number of hydrogen-bond acceptors (Lipinski definition) is 5. The molecule has 6 heteroatoms. The number of carbonyl (C=O) groups is 3. The highest BCUT2D eigenvalue weighted by Crippen LogP contribution is 2.22. The number of methoxy groups -OCH3 is 1. The van der Waals surface area contributed by atoms with Crippen molar-refractivity contribution in [1.29, 1.82) is 0 Å². The smallest absolute Gasteiger partial charge is 0.331 e. The SMILES string of the molecule is COc1cccc(/C=C/C(=O)OCC(=O)NC(=O)c2ccc(C(C)(C)C)cc2)c1. The Balaban J connectivity index is 1.83. The maximum Gasteiger partial charge on any atom is 0.331 e. The fraction of sp³-hybridized carbons (Fsp3) is 0.261. The Kier molecular flexibility index (Phi) is 7.31. The third-order valence-corrected chi connectivity index (χ3v) is 4.12. The van der Waals surface area contributed by atoms with Crippen LogP contribution in [-0.2, 0) is 19.7 Å². The molecule has 0 aliphatic heterocycles. The molecule has 0 heterocycles. The van der Waals surface area contributed by atoms with Gasteiger partial charge in [0.2, 0.25) is 0 Å². The van der Waals surface area contributed by atoms with Gasteiger partial charge in [-0.05, 0) is 46.9 Å². The molecule has 0 radical (unpaired) electrons. The van der Waals surface area contributed by atoms with E-state index < -0.39 is 24.4 Å². The summed E-state index contributed by atoms with van der Waals surface area (Å²) in [4.78, 5) is 35.8. The van der Waals surface area contributed by atoms with Crippen molar-refractivity contribution >= 4 is 23.9 Å². The quantitative estimate of drug-likeness (QED) is 0.598. The van der Waals surface area contributed by atoms with Gasteiger partial charge in [0.25, 0.3) is 11.8 Å². The Morgan fingerprint density at radius 3 is 2.34 bits per heavy atom. The fourth-order valence-corrected chi connectivity index (χ4v) is 2.45. The van der Waals surface area contributed by atoms with Crippen LogP contribution < -0.4 is 10.1 Å². The Hall–Kier alpha value is -3.41. The van der Waals surface area contributed by atoms with Crippen molar-refractivity contribution < 1.29 is 23.9 Å². The molecule has 0 atom stereocenters. The number of nitrogens with one attached hydrogen (secondary N) is 1. The zero-order valence-electron chi connectivity index (χ0n) is 17.0. The highest BCUT2D eigenvalue weighted by molar-refractivity contribution is 6.05. The molecule has 2 aromatic rings. The second kappa shape index (κ2) is 9.68. The van der Waals surface area contributed by atoms with Gasteiger partial charge in [0.15, 0.2) is 6.61 Å². The molecule has 0 aliphatic rings. The standard InChI is InChI=1S/C23H25NO5/c1-23(2,3)18-11-9-17(10-12-18)22(27)24-20(25)15-29-21(26)13-8-16-6-5-7-19(14-16)28-4/h5-14H,15H2,1-4H3,(H,24,25,27)/b13-8+. The molecule has 152 valence electrons. The van der Waals surface area contributed by atoms with Crippen molar-refractivity contribution in [2.45, 2.75) is 26.2 Å². The Labute approximate surface area is 170 Å². The third-order valence-electron chi connectivity index (χ3n) is 4.12. The normalized spacial score (nSPS) is 11.2. The molecule has 0 saturated heterocycles. The second-order valence-corrected chi connectivity index (χ2v) is 7.42. The third kappa shape index (κ3) is 6.92. The van der Waals surface area contributed by atoms with Crippen LogP contribution in [0.1, 0.15) is 42.3 Å². The van der Waals surface area contributed by atoms with Crippen LogP contribution in [0.4, 0.5) is 0 Å². The summed E-state index contributed by atoms with van der Waals surface area (Å²) in [6.45, 7) is 5.67. The van der Waals surface area contributed by atoms with Gasteiger partial charge in [-0.1, -0.05) is 45.0 Å². The zero-order chi connectivity index (χ0) is 21.4. The molecule has 2 aromatic carbocycles. The molecule has 0 saturated carbocycles. The minimum atomic E-state index is -0.696. The van der Waals surface area contributed by atoms with Crippen LogP contribution in [0.2, 0.25) is 0 Å². The summed E-state index contributed by atoms with van der Waals surface area (Å²) in [6.07, 6.45) is 2.75. The number of esters is 1. The molecule has 0 bridgehead atoms. The predicted molar refractivity (Wildman–Crippen MR) is 111 cm³/mol. The number of benzene rings is 2. The summed E-state index contributed by atoms with van der Waals surface area (Å²) in [7, 11) is 1.55. The van der Waals surface area contributed by atoms with Gasteiger partial charge in [0.05, 0.1) is 7.11 Å². The van der Waals surface area contributed by atoms with E-state index in [1.807, 2.05) is 12.1 Å². The molecule has 1 N–H and O–H groups in total. The summed E-state index contributed by atoms with van der Waals surface area (Å²) in [6, 6.07) is 14.1. The van der Waals surface area contributed by atoms with E-state index in [4.69, 9.17) is 9.47 Å². The van der Waals surface area contributed by atoms with Crippen molar-refractivity contribution in [3.05, 3.63) is 71.3 Å². The number of imide groups is 1. The first-order valence-electron chi connectivity index (χ1n) is 9.12. The molecule has 0 spiro atoms. The molecule has 6 nitrogen and oxygen atoms in total. The lowest BCUT2D eigenvalue weighted by atomic mass is 9.87. The first-order valence-corrected chi connectivity index (χ1v) is 9.12. The van der Waals surface area contributed by atoms with Gasteiger partial charge >= 0.3 is 5.97 Å². The van der Waals surface area contributed by atoms with Crippen LogP contribution in [0.25, 0.3) is 6.08 Å². The van der Waals surface area contributed by atoms with E-state index in [0.29, 0.717) is 11.3 Å². The Morgan fingerprint density at radius 2 is 1.72 bits per heavy atom. The molecule has 0 fully saturated rings. The van der Waals surface area contributed by atoms with Crippen LogP contribution in [-0.4, -0.2) is 31.5 Å². The summed E-state index contributed by atoms with van der Waals surface area (Å²) < 4.78 is 9.96. The summed E-state index contributed by atoms with van der Waals surface area (Å²) in [5.41, 5.74) is 2.16. The zero-order valence-corrected chi connectivity index (χ0v) is 17.0. The van der Waals surface area contributed by atoms with Crippen molar-refractivity contribution in [2.75, 3.05) is 13.7 Å². The lowest BCUT2D eigenvalue weighted by Gasteiger charge is -2.18. The molecule has 0 unspecified atom stereocenters. The van der Waals surface area contributed by atoms with E-state index in [1.165, 1.54) is 6.08 Å². The van der Waals surface area contributed by atoms with Crippen LogP contribution in [0, 0.1) is 0 Å². The Morgan fingerprint density at radius 1 is 1.03 bits per heavy atom. The van der Waals surface area contributed by atoms with Crippen molar-refractivity contribution in [2.24, 2.45) is 0 Å². The van der Waals surface area contributed by atoms with E-state index in [2.05, 4.69) is 26.1 Å². The van der Waals surface area contributed by atoms with Gasteiger partial charge in [-0.25, -0.2) is 4.79 Å². The number of carbonyl (C=O) groups excluding carboxylic acids is 3. The Bertz CT molecular complexity index is 908. The van der Waals surface area contributed by atoms with E-state index in [1.54, 1.807) is 49.6 Å². The largest absolute Gasteiger partial charge is 0.497 e. The van der Waals surface area contributed by atoms with Crippen LogP contribution >= 0.6 is 0 Å². The topological polar surface area (TPSA) is 81.7 Å². The summed E-state index contributed by atoms with van der Waals surface area (Å²) >= 11 is 0. The molecular formula is C23H25NO5. The van der Waals surface area contributed by atoms with E-state index >= 15 is 0 Å². The summed E-state index contributed by atoms with van der Waals surface area (Å²) in [5.74, 6) is -1.27. The minimum Gasteiger partial charge on any atom is -0.497 e. The minimum absolute atomic E-state index is 0.0303. The van der Waals surface area contributed by atoms with E-state index in [0.717, 1.165) is 11.1 Å². The molecular weight excluding hydrogens is 370 g/mol. The molecule has 29 heavy (non-hydrogen) atoms. The van der Waals surface area contributed by atoms with Crippen LogP contribution in [0.3, 0.4) is 0 Å².